The minimum Gasteiger partial charge on any atom is -0.387 e. The molecule has 2 aromatic rings. The highest BCUT2D eigenvalue weighted by atomic mass is 32.1. The fourth-order valence-corrected chi connectivity index (χ4v) is 3.86. The standard InChI is InChI=1S/C11H11NOS2/c13-7-3-1-4-8-10(7)12-11(15-8)9-5-2-6-14-9/h2,5-7,13H,1,3-4H2. The van der Waals surface area contributed by atoms with Gasteiger partial charge >= 0.3 is 0 Å². The van der Waals surface area contributed by atoms with Gasteiger partial charge in [-0.05, 0) is 30.7 Å². The fourth-order valence-electron chi connectivity index (χ4n) is 1.90. The van der Waals surface area contributed by atoms with E-state index in [0.29, 0.717) is 0 Å². The van der Waals surface area contributed by atoms with Crippen molar-refractivity contribution in [2.45, 2.75) is 25.4 Å². The molecule has 0 saturated heterocycles. The third-order valence-electron chi connectivity index (χ3n) is 2.66. The predicted molar refractivity (Wildman–Crippen MR) is 63.3 cm³/mol. The van der Waals surface area contributed by atoms with Crippen molar-refractivity contribution < 1.29 is 5.11 Å². The first-order valence-corrected chi connectivity index (χ1v) is 6.76. The summed E-state index contributed by atoms with van der Waals surface area (Å²) in [6.07, 6.45) is 2.69. The van der Waals surface area contributed by atoms with Gasteiger partial charge in [-0.15, -0.1) is 22.7 Å². The van der Waals surface area contributed by atoms with E-state index in [9.17, 15) is 5.11 Å². The number of aryl methyl sites for hydroxylation is 1. The van der Waals surface area contributed by atoms with Gasteiger partial charge in [0.05, 0.1) is 16.7 Å². The SMILES string of the molecule is OC1CCCc2sc(-c3cccs3)nc21. The van der Waals surface area contributed by atoms with E-state index in [-0.39, 0.29) is 6.10 Å². The molecule has 78 valence electrons. The van der Waals surface area contributed by atoms with Crippen molar-refractivity contribution in [1.82, 2.24) is 4.98 Å². The lowest BCUT2D eigenvalue weighted by Gasteiger charge is -2.14. The van der Waals surface area contributed by atoms with Crippen molar-refractivity contribution in [2.24, 2.45) is 0 Å². The lowest BCUT2D eigenvalue weighted by Crippen LogP contribution is -2.07. The van der Waals surface area contributed by atoms with E-state index in [1.54, 1.807) is 22.7 Å². The number of thiophene rings is 1. The quantitative estimate of drug-likeness (QED) is 0.826. The fraction of sp³-hybridized carbons (Fsp3) is 0.364. The summed E-state index contributed by atoms with van der Waals surface area (Å²) in [6, 6.07) is 4.12. The van der Waals surface area contributed by atoms with Crippen molar-refractivity contribution in [3.05, 3.63) is 28.1 Å². The number of fused-ring (bicyclic) bond motifs is 1. The van der Waals surface area contributed by atoms with Gasteiger partial charge in [-0.1, -0.05) is 6.07 Å². The highest BCUT2D eigenvalue weighted by molar-refractivity contribution is 7.21. The van der Waals surface area contributed by atoms with E-state index in [4.69, 9.17) is 0 Å². The summed E-state index contributed by atoms with van der Waals surface area (Å²) in [5.41, 5.74) is 0.926. The minimum atomic E-state index is -0.335. The Morgan fingerprint density at radius 3 is 3.13 bits per heavy atom. The summed E-state index contributed by atoms with van der Waals surface area (Å²) in [5, 5.41) is 12.9. The molecule has 1 aliphatic rings. The van der Waals surface area contributed by atoms with Gasteiger partial charge in [-0.2, -0.15) is 0 Å². The molecule has 0 saturated carbocycles. The van der Waals surface area contributed by atoms with Crippen LogP contribution in [0.5, 0.6) is 0 Å². The number of aliphatic hydroxyl groups is 1. The lowest BCUT2D eigenvalue weighted by molar-refractivity contribution is 0.153. The Morgan fingerprint density at radius 1 is 1.47 bits per heavy atom. The number of nitrogens with zero attached hydrogens (tertiary/aromatic N) is 1. The first-order chi connectivity index (χ1) is 7.34. The monoisotopic (exact) mass is 237 g/mol. The van der Waals surface area contributed by atoms with Crippen LogP contribution in [0.2, 0.25) is 0 Å². The molecule has 0 amide bonds. The smallest absolute Gasteiger partial charge is 0.134 e. The maximum Gasteiger partial charge on any atom is 0.134 e. The first-order valence-electron chi connectivity index (χ1n) is 5.06. The Balaban J connectivity index is 2.06. The van der Waals surface area contributed by atoms with Crippen LogP contribution in [0.1, 0.15) is 29.5 Å². The van der Waals surface area contributed by atoms with E-state index in [2.05, 4.69) is 16.4 Å². The van der Waals surface area contributed by atoms with Crippen molar-refractivity contribution in [3.63, 3.8) is 0 Å². The second-order valence-corrected chi connectivity index (χ2v) is 5.74. The molecule has 1 unspecified atom stereocenters. The molecule has 2 heterocycles. The topological polar surface area (TPSA) is 33.1 Å². The number of hydrogen-bond acceptors (Lipinski definition) is 4. The van der Waals surface area contributed by atoms with E-state index in [0.717, 1.165) is 30.0 Å². The van der Waals surface area contributed by atoms with Crippen molar-refractivity contribution in [1.29, 1.82) is 0 Å². The lowest BCUT2D eigenvalue weighted by atomic mass is 10.0. The molecule has 0 aromatic carbocycles. The van der Waals surface area contributed by atoms with Crippen LogP contribution in [-0.2, 0) is 6.42 Å². The summed E-state index contributed by atoms with van der Waals surface area (Å²) in [7, 11) is 0. The molecule has 15 heavy (non-hydrogen) atoms. The molecule has 3 rings (SSSR count). The number of hydrogen-bond donors (Lipinski definition) is 1. The second kappa shape index (κ2) is 3.70. The van der Waals surface area contributed by atoms with Gasteiger partial charge in [-0.3, -0.25) is 0 Å². The van der Waals surface area contributed by atoms with E-state index < -0.39 is 0 Å². The second-order valence-electron chi connectivity index (χ2n) is 3.71. The van der Waals surface area contributed by atoms with Crippen LogP contribution >= 0.6 is 22.7 Å². The zero-order chi connectivity index (χ0) is 10.3. The van der Waals surface area contributed by atoms with Crippen LogP contribution < -0.4 is 0 Å². The maximum absolute atomic E-state index is 9.82. The Bertz CT molecular complexity index is 461. The molecule has 1 N–H and O–H groups in total. The Labute approximate surface area is 96.2 Å². The molecule has 2 aromatic heterocycles. The number of aliphatic hydroxyl groups excluding tert-OH is 1. The molecule has 4 heteroatoms. The largest absolute Gasteiger partial charge is 0.387 e. The van der Waals surface area contributed by atoms with Crippen LogP contribution in [0.4, 0.5) is 0 Å². The summed E-state index contributed by atoms with van der Waals surface area (Å²) in [6.45, 7) is 0. The van der Waals surface area contributed by atoms with E-state index in [1.807, 2.05) is 6.07 Å². The number of rotatable bonds is 1. The maximum atomic E-state index is 9.82. The van der Waals surface area contributed by atoms with Gasteiger partial charge in [-0.25, -0.2) is 4.98 Å². The zero-order valence-electron chi connectivity index (χ0n) is 8.14. The van der Waals surface area contributed by atoms with Crippen LogP contribution in [0.15, 0.2) is 17.5 Å². The van der Waals surface area contributed by atoms with Gasteiger partial charge in [0, 0.05) is 4.88 Å². The van der Waals surface area contributed by atoms with Crippen LogP contribution in [0.25, 0.3) is 9.88 Å². The zero-order valence-corrected chi connectivity index (χ0v) is 9.77. The van der Waals surface area contributed by atoms with Crippen LogP contribution in [0, 0.1) is 0 Å². The molecule has 1 aliphatic carbocycles. The first kappa shape index (κ1) is 9.51. The van der Waals surface area contributed by atoms with Crippen LogP contribution in [-0.4, -0.2) is 10.1 Å². The molecular weight excluding hydrogens is 226 g/mol. The number of thiazole rings is 1. The molecule has 0 radical (unpaired) electrons. The summed E-state index contributed by atoms with van der Waals surface area (Å²) < 4.78 is 0. The minimum absolute atomic E-state index is 0.335. The van der Waals surface area contributed by atoms with Gasteiger partial charge in [0.1, 0.15) is 5.01 Å². The predicted octanol–water partition coefficient (Wildman–Crippen LogP) is 3.24. The summed E-state index contributed by atoms with van der Waals surface area (Å²) in [4.78, 5) is 7.04. The average molecular weight is 237 g/mol. The molecule has 0 fully saturated rings. The third-order valence-corrected chi connectivity index (χ3v) is 4.83. The summed E-state index contributed by atoms with van der Waals surface area (Å²) >= 11 is 3.44. The Morgan fingerprint density at radius 2 is 2.40 bits per heavy atom. The van der Waals surface area contributed by atoms with Gasteiger partial charge in [0.2, 0.25) is 0 Å². The van der Waals surface area contributed by atoms with Crippen molar-refractivity contribution in [3.8, 4) is 9.88 Å². The molecule has 2 nitrogen and oxygen atoms in total. The molecule has 0 bridgehead atoms. The Kier molecular flexibility index (Phi) is 2.35. The summed E-state index contributed by atoms with van der Waals surface area (Å²) in [5.74, 6) is 0. The third kappa shape index (κ3) is 1.62. The van der Waals surface area contributed by atoms with Crippen molar-refractivity contribution in [2.75, 3.05) is 0 Å². The van der Waals surface area contributed by atoms with Gasteiger partial charge in [0.15, 0.2) is 0 Å². The number of aromatic nitrogens is 1. The van der Waals surface area contributed by atoms with Crippen molar-refractivity contribution >= 4 is 22.7 Å². The van der Waals surface area contributed by atoms with E-state index in [1.165, 1.54) is 9.75 Å². The highest BCUT2D eigenvalue weighted by Gasteiger charge is 2.23. The molecule has 0 spiro atoms. The van der Waals surface area contributed by atoms with E-state index >= 15 is 0 Å². The Hall–Kier alpha value is -0.710. The van der Waals surface area contributed by atoms with Gasteiger partial charge < -0.3 is 5.11 Å². The molecular formula is C11H11NOS2. The van der Waals surface area contributed by atoms with Gasteiger partial charge in [0.25, 0.3) is 0 Å². The molecule has 1 atom stereocenters. The highest BCUT2D eigenvalue weighted by Crippen LogP contribution is 2.38. The average Bonchev–Trinajstić information content (AvgIpc) is 2.86. The molecule has 0 aliphatic heterocycles. The van der Waals surface area contributed by atoms with Crippen LogP contribution in [0.3, 0.4) is 0 Å². The normalized spacial score (nSPS) is 20.2.